The van der Waals surface area contributed by atoms with Crippen LogP contribution in [0.1, 0.15) is 58.3 Å². The van der Waals surface area contributed by atoms with Gasteiger partial charge in [-0.1, -0.05) is 12.8 Å². The Morgan fingerprint density at radius 3 is 2.61 bits per heavy atom. The molecule has 0 aromatic heterocycles. The summed E-state index contributed by atoms with van der Waals surface area (Å²) in [5.74, 6) is 0.198. The van der Waals surface area contributed by atoms with Crippen LogP contribution in [0, 0.1) is 0 Å². The smallest absolute Gasteiger partial charge is 0.242 e. The lowest BCUT2D eigenvalue weighted by Crippen LogP contribution is -2.55. The van der Waals surface area contributed by atoms with Gasteiger partial charge in [0.2, 0.25) is 17.7 Å². The van der Waals surface area contributed by atoms with Crippen molar-refractivity contribution < 1.29 is 14.4 Å². The van der Waals surface area contributed by atoms with Gasteiger partial charge in [-0.15, -0.1) is 0 Å². The summed E-state index contributed by atoms with van der Waals surface area (Å²) in [6.45, 7) is 3.53. The largest absolute Gasteiger partial charge is 0.351 e. The van der Waals surface area contributed by atoms with E-state index in [1.807, 2.05) is 11.8 Å². The quantitative estimate of drug-likeness (QED) is 0.841. The molecule has 0 radical (unpaired) electrons. The molecule has 3 amide bonds. The second-order valence-corrected chi connectivity index (χ2v) is 7.45. The molecule has 3 rings (SSSR count). The standard InChI is InChI=1S/C17H27N3O3/c1-17(8-6-14(21)18-17)9-7-15(22)19-10-11-20(16(23)12-19)13-4-2-3-5-13/h13H,2-12H2,1H3,(H,18,21). The number of piperazine rings is 1. The number of nitrogens with zero attached hydrogens (tertiary/aromatic N) is 2. The number of hydrogen-bond donors (Lipinski definition) is 1. The molecule has 1 N–H and O–H groups in total. The van der Waals surface area contributed by atoms with Gasteiger partial charge >= 0.3 is 0 Å². The molecule has 6 heteroatoms. The van der Waals surface area contributed by atoms with Crippen molar-refractivity contribution in [3.63, 3.8) is 0 Å². The fourth-order valence-electron chi connectivity index (χ4n) is 4.08. The normalized spacial score (nSPS) is 29.3. The van der Waals surface area contributed by atoms with Crippen molar-refractivity contribution in [3.05, 3.63) is 0 Å². The Bertz CT molecular complexity index is 501. The molecule has 3 fully saturated rings. The van der Waals surface area contributed by atoms with Crippen LogP contribution in [-0.4, -0.2) is 58.7 Å². The molecular formula is C17H27N3O3. The summed E-state index contributed by atoms with van der Waals surface area (Å²) in [6, 6.07) is 0.396. The maximum Gasteiger partial charge on any atom is 0.242 e. The van der Waals surface area contributed by atoms with E-state index in [0.717, 1.165) is 19.3 Å². The number of nitrogens with one attached hydrogen (secondary N) is 1. The Kier molecular flexibility index (Phi) is 4.60. The Morgan fingerprint density at radius 2 is 2.00 bits per heavy atom. The first-order chi connectivity index (χ1) is 11.0. The predicted octanol–water partition coefficient (Wildman–Crippen LogP) is 1.05. The van der Waals surface area contributed by atoms with E-state index < -0.39 is 0 Å². The van der Waals surface area contributed by atoms with E-state index in [1.165, 1.54) is 12.8 Å². The lowest BCUT2D eigenvalue weighted by atomic mass is 9.94. The van der Waals surface area contributed by atoms with Gasteiger partial charge in [0.1, 0.15) is 0 Å². The number of carbonyl (C=O) groups excluding carboxylic acids is 3. The van der Waals surface area contributed by atoms with Crippen molar-refractivity contribution in [2.45, 2.75) is 69.9 Å². The molecular weight excluding hydrogens is 294 g/mol. The molecule has 0 aromatic carbocycles. The molecule has 6 nitrogen and oxygen atoms in total. The van der Waals surface area contributed by atoms with Crippen molar-refractivity contribution in [3.8, 4) is 0 Å². The highest BCUT2D eigenvalue weighted by atomic mass is 16.2. The Labute approximate surface area is 137 Å². The predicted molar refractivity (Wildman–Crippen MR) is 85.6 cm³/mol. The van der Waals surface area contributed by atoms with Crippen LogP contribution in [0.4, 0.5) is 0 Å². The zero-order valence-electron chi connectivity index (χ0n) is 14.0. The summed E-state index contributed by atoms with van der Waals surface area (Å²) >= 11 is 0. The summed E-state index contributed by atoms with van der Waals surface area (Å²) in [5.41, 5.74) is -0.261. The number of amides is 3. The SMILES string of the molecule is CC1(CCC(=O)N2CCN(C3CCCC3)C(=O)C2)CCC(=O)N1. The van der Waals surface area contributed by atoms with Gasteiger partial charge in [-0.25, -0.2) is 0 Å². The summed E-state index contributed by atoms with van der Waals surface area (Å²) in [5, 5.41) is 2.96. The van der Waals surface area contributed by atoms with Gasteiger partial charge in [-0.2, -0.15) is 0 Å². The Balaban J connectivity index is 1.47. The van der Waals surface area contributed by atoms with E-state index in [-0.39, 0.29) is 29.8 Å². The van der Waals surface area contributed by atoms with Crippen LogP contribution in [0.25, 0.3) is 0 Å². The lowest BCUT2D eigenvalue weighted by Gasteiger charge is -2.38. The molecule has 1 atom stereocenters. The average Bonchev–Trinajstić information content (AvgIpc) is 3.15. The monoisotopic (exact) mass is 321 g/mol. The minimum absolute atomic E-state index is 0.0341. The summed E-state index contributed by atoms with van der Waals surface area (Å²) < 4.78 is 0. The van der Waals surface area contributed by atoms with Crippen molar-refractivity contribution in [1.29, 1.82) is 0 Å². The van der Waals surface area contributed by atoms with E-state index in [1.54, 1.807) is 4.90 Å². The highest BCUT2D eigenvalue weighted by Crippen LogP contribution is 2.27. The molecule has 2 aliphatic heterocycles. The third kappa shape index (κ3) is 3.67. The Morgan fingerprint density at radius 1 is 1.26 bits per heavy atom. The van der Waals surface area contributed by atoms with Crippen molar-refractivity contribution in [1.82, 2.24) is 15.1 Å². The topological polar surface area (TPSA) is 69.7 Å². The summed E-state index contributed by atoms with van der Waals surface area (Å²) in [4.78, 5) is 39.8. The lowest BCUT2D eigenvalue weighted by molar-refractivity contribution is -0.147. The number of carbonyl (C=O) groups is 3. The van der Waals surface area contributed by atoms with Crippen LogP contribution in [0.5, 0.6) is 0 Å². The van der Waals surface area contributed by atoms with Gasteiger partial charge in [-0.3, -0.25) is 14.4 Å². The first kappa shape index (κ1) is 16.3. The number of rotatable bonds is 4. The van der Waals surface area contributed by atoms with Gasteiger partial charge in [-0.05, 0) is 32.6 Å². The molecule has 1 unspecified atom stereocenters. The van der Waals surface area contributed by atoms with Crippen LogP contribution < -0.4 is 5.32 Å². The third-order valence-electron chi connectivity index (χ3n) is 5.61. The average molecular weight is 321 g/mol. The van der Waals surface area contributed by atoms with Gasteiger partial charge in [0.15, 0.2) is 0 Å². The fourth-order valence-corrected chi connectivity index (χ4v) is 4.08. The zero-order valence-corrected chi connectivity index (χ0v) is 14.0. The maximum absolute atomic E-state index is 12.4. The van der Waals surface area contributed by atoms with Gasteiger partial charge < -0.3 is 15.1 Å². The minimum Gasteiger partial charge on any atom is -0.351 e. The van der Waals surface area contributed by atoms with Crippen LogP contribution in [0.3, 0.4) is 0 Å². The highest BCUT2D eigenvalue weighted by Gasteiger charge is 2.35. The van der Waals surface area contributed by atoms with Crippen molar-refractivity contribution in [2.24, 2.45) is 0 Å². The summed E-state index contributed by atoms with van der Waals surface area (Å²) in [7, 11) is 0. The first-order valence-corrected chi connectivity index (χ1v) is 8.85. The summed E-state index contributed by atoms with van der Waals surface area (Å²) in [6.07, 6.45) is 7.01. The molecule has 0 bridgehead atoms. The van der Waals surface area contributed by atoms with E-state index in [4.69, 9.17) is 0 Å². The van der Waals surface area contributed by atoms with E-state index in [9.17, 15) is 14.4 Å². The van der Waals surface area contributed by atoms with Gasteiger partial charge in [0.25, 0.3) is 0 Å². The molecule has 128 valence electrons. The molecule has 3 aliphatic rings. The fraction of sp³-hybridized carbons (Fsp3) is 0.824. The van der Waals surface area contributed by atoms with Crippen molar-refractivity contribution >= 4 is 17.7 Å². The van der Waals surface area contributed by atoms with Crippen LogP contribution in [0.15, 0.2) is 0 Å². The number of hydrogen-bond acceptors (Lipinski definition) is 3. The highest BCUT2D eigenvalue weighted by molar-refractivity contribution is 5.86. The second kappa shape index (κ2) is 6.49. The first-order valence-electron chi connectivity index (χ1n) is 8.85. The molecule has 0 spiro atoms. The minimum atomic E-state index is -0.261. The molecule has 1 saturated carbocycles. The van der Waals surface area contributed by atoms with Gasteiger partial charge in [0, 0.05) is 37.5 Å². The second-order valence-electron chi connectivity index (χ2n) is 7.45. The molecule has 2 heterocycles. The zero-order chi connectivity index (χ0) is 16.4. The maximum atomic E-state index is 12.4. The van der Waals surface area contributed by atoms with Crippen LogP contribution in [0.2, 0.25) is 0 Å². The third-order valence-corrected chi connectivity index (χ3v) is 5.61. The van der Waals surface area contributed by atoms with Crippen molar-refractivity contribution in [2.75, 3.05) is 19.6 Å². The van der Waals surface area contributed by atoms with E-state index in [2.05, 4.69) is 5.32 Å². The van der Waals surface area contributed by atoms with Crippen LogP contribution >= 0.6 is 0 Å². The molecule has 1 aliphatic carbocycles. The molecule has 0 aromatic rings. The van der Waals surface area contributed by atoms with E-state index in [0.29, 0.717) is 38.4 Å². The molecule has 2 saturated heterocycles. The van der Waals surface area contributed by atoms with Gasteiger partial charge in [0.05, 0.1) is 6.54 Å². The van der Waals surface area contributed by atoms with Crippen LogP contribution in [-0.2, 0) is 14.4 Å². The van der Waals surface area contributed by atoms with E-state index >= 15 is 0 Å². The Hall–Kier alpha value is -1.59. The molecule has 23 heavy (non-hydrogen) atoms.